The predicted octanol–water partition coefficient (Wildman–Crippen LogP) is 1.47. The summed E-state index contributed by atoms with van der Waals surface area (Å²) in [5.74, 6) is 0.190. The molecule has 0 bridgehead atoms. The summed E-state index contributed by atoms with van der Waals surface area (Å²) < 4.78 is 1.92. The first-order chi connectivity index (χ1) is 8.08. The lowest BCUT2D eigenvalue weighted by atomic mass is 10.3. The van der Waals surface area contributed by atoms with Crippen molar-refractivity contribution in [1.82, 2.24) is 9.66 Å². The van der Waals surface area contributed by atoms with Crippen LogP contribution in [0.15, 0.2) is 30.5 Å². The summed E-state index contributed by atoms with van der Waals surface area (Å²) in [5, 5.41) is 0. The fourth-order valence-corrected chi connectivity index (χ4v) is 1.57. The smallest absolute Gasteiger partial charge is 0.250 e. The summed E-state index contributed by atoms with van der Waals surface area (Å²) in [6.07, 6.45) is 1.46. The van der Waals surface area contributed by atoms with Crippen LogP contribution >= 0.6 is 0 Å². The molecule has 5 nitrogen and oxygen atoms in total. The van der Waals surface area contributed by atoms with E-state index in [2.05, 4.69) is 10.4 Å². The number of pyridine rings is 1. The van der Waals surface area contributed by atoms with Crippen molar-refractivity contribution in [3.05, 3.63) is 47.4 Å². The normalized spacial score (nSPS) is 10.2. The Bertz CT molecular complexity index is 523. The number of carbonyl (C=O) groups is 1. The minimum Gasteiger partial charge on any atom is -0.366 e. The van der Waals surface area contributed by atoms with Crippen LogP contribution in [0.25, 0.3) is 0 Å². The van der Waals surface area contributed by atoms with Gasteiger partial charge in [-0.2, -0.15) is 0 Å². The molecule has 2 aromatic rings. The number of carbonyl (C=O) groups excluding carboxylic acids is 1. The van der Waals surface area contributed by atoms with Gasteiger partial charge in [0.2, 0.25) is 5.91 Å². The lowest BCUT2D eigenvalue weighted by Gasteiger charge is -2.11. The number of hydrogen-bond acceptors (Lipinski definition) is 3. The number of nitrogens with zero attached hydrogens (tertiary/aromatic N) is 2. The molecule has 17 heavy (non-hydrogen) atoms. The standard InChI is InChI=1S/C12H14N4O/c1-8-3-4-9(2)16(8)15-11-6-5-10(7-14-11)12(13)17/h3-7H,1-2H3,(H2,13,17)(H,14,15). The Balaban J connectivity index is 2.22. The van der Waals surface area contributed by atoms with Crippen LogP contribution in [0.3, 0.4) is 0 Å². The third-order valence-electron chi connectivity index (χ3n) is 2.55. The quantitative estimate of drug-likeness (QED) is 0.838. The molecule has 0 aliphatic rings. The van der Waals surface area contributed by atoms with E-state index in [1.165, 1.54) is 6.20 Å². The van der Waals surface area contributed by atoms with Crippen LogP contribution in [-0.2, 0) is 0 Å². The van der Waals surface area contributed by atoms with E-state index in [-0.39, 0.29) is 0 Å². The highest BCUT2D eigenvalue weighted by atomic mass is 16.1. The number of primary amides is 1. The molecule has 0 aliphatic heterocycles. The maximum Gasteiger partial charge on any atom is 0.250 e. The fraction of sp³-hybridized carbons (Fsp3) is 0.167. The molecule has 2 aromatic heterocycles. The maximum atomic E-state index is 10.9. The number of amides is 1. The monoisotopic (exact) mass is 230 g/mol. The Labute approximate surface area is 99.2 Å². The lowest BCUT2D eigenvalue weighted by molar-refractivity contribution is 0.1000. The van der Waals surface area contributed by atoms with Gasteiger partial charge in [-0.15, -0.1) is 0 Å². The van der Waals surface area contributed by atoms with Gasteiger partial charge in [-0.05, 0) is 38.1 Å². The molecule has 0 saturated heterocycles. The summed E-state index contributed by atoms with van der Waals surface area (Å²) in [4.78, 5) is 15.0. The number of rotatable bonds is 3. The van der Waals surface area contributed by atoms with Crippen LogP contribution in [-0.4, -0.2) is 15.6 Å². The van der Waals surface area contributed by atoms with E-state index in [0.717, 1.165) is 11.4 Å². The van der Waals surface area contributed by atoms with Crippen LogP contribution < -0.4 is 11.2 Å². The van der Waals surface area contributed by atoms with Gasteiger partial charge in [0.15, 0.2) is 0 Å². The molecule has 0 unspecified atom stereocenters. The Morgan fingerprint density at radius 3 is 2.35 bits per heavy atom. The molecule has 0 atom stereocenters. The number of nitrogens with one attached hydrogen (secondary N) is 1. The minimum absolute atomic E-state index is 0.400. The molecule has 2 rings (SSSR count). The second-order valence-electron chi connectivity index (χ2n) is 3.86. The molecule has 5 heteroatoms. The van der Waals surface area contributed by atoms with Crippen LogP contribution in [0.2, 0.25) is 0 Å². The summed E-state index contributed by atoms with van der Waals surface area (Å²) in [5.41, 5.74) is 10.9. The Hall–Kier alpha value is -2.30. The topological polar surface area (TPSA) is 72.9 Å². The van der Waals surface area contributed by atoms with E-state index in [1.54, 1.807) is 12.1 Å². The number of aromatic nitrogens is 2. The number of nitrogens with two attached hydrogens (primary N) is 1. The van der Waals surface area contributed by atoms with Crippen molar-refractivity contribution >= 4 is 11.7 Å². The first kappa shape index (κ1) is 11.2. The van der Waals surface area contributed by atoms with Crippen LogP contribution in [0.5, 0.6) is 0 Å². The average Bonchev–Trinajstić information content (AvgIpc) is 2.61. The van der Waals surface area contributed by atoms with Gasteiger partial charge in [-0.3, -0.25) is 14.9 Å². The zero-order valence-electron chi connectivity index (χ0n) is 9.77. The molecule has 0 aliphatic carbocycles. The molecule has 2 heterocycles. The summed E-state index contributed by atoms with van der Waals surface area (Å²) in [7, 11) is 0. The van der Waals surface area contributed by atoms with Crippen molar-refractivity contribution in [2.45, 2.75) is 13.8 Å². The van der Waals surface area contributed by atoms with Crippen molar-refractivity contribution < 1.29 is 4.79 Å². The van der Waals surface area contributed by atoms with E-state index in [9.17, 15) is 4.79 Å². The molecule has 3 N–H and O–H groups in total. The zero-order valence-corrected chi connectivity index (χ0v) is 9.77. The van der Waals surface area contributed by atoms with Gasteiger partial charge in [0.25, 0.3) is 0 Å². The minimum atomic E-state index is -0.475. The highest BCUT2D eigenvalue weighted by molar-refractivity contribution is 5.92. The van der Waals surface area contributed by atoms with E-state index in [0.29, 0.717) is 11.4 Å². The SMILES string of the molecule is Cc1ccc(C)n1Nc1ccc(C(N)=O)cn1. The number of hydrogen-bond donors (Lipinski definition) is 2. The third-order valence-corrected chi connectivity index (χ3v) is 2.55. The summed E-state index contributed by atoms with van der Waals surface area (Å²) in [6, 6.07) is 7.39. The van der Waals surface area contributed by atoms with Gasteiger partial charge in [-0.1, -0.05) is 0 Å². The fourth-order valence-electron chi connectivity index (χ4n) is 1.57. The van der Waals surface area contributed by atoms with Crippen LogP contribution in [0.1, 0.15) is 21.7 Å². The van der Waals surface area contributed by atoms with Crippen LogP contribution in [0.4, 0.5) is 5.82 Å². The van der Waals surface area contributed by atoms with E-state index in [1.807, 2.05) is 30.7 Å². The second-order valence-corrected chi connectivity index (χ2v) is 3.86. The maximum absolute atomic E-state index is 10.9. The lowest BCUT2D eigenvalue weighted by Crippen LogP contribution is -2.15. The van der Waals surface area contributed by atoms with Crippen molar-refractivity contribution in [1.29, 1.82) is 0 Å². The molecule has 0 radical (unpaired) electrons. The van der Waals surface area contributed by atoms with Gasteiger partial charge in [0, 0.05) is 17.6 Å². The Kier molecular flexibility index (Phi) is 2.82. The van der Waals surface area contributed by atoms with Gasteiger partial charge in [-0.25, -0.2) is 4.98 Å². The first-order valence-electron chi connectivity index (χ1n) is 5.26. The number of aryl methyl sites for hydroxylation is 2. The molecule has 88 valence electrons. The van der Waals surface area contributed by atoms with Gasteiger partial charge >= 0.3 is 0 Å². The molecular formula is C12H14N4O. The highest BCUT2D eigenvalue weighted by Gasteiger charge is 2.03. The van der Waals surface area contributed by atoms with Crippen molar-refractivity contribution in [2.24, 2.45) is 5.73 Å². The van der Waals surface area contributed by atoms with Crippen molar-refractivity contribution in [3.8, 4) is 0 Å². The molecule has 0 aromatic carbocycles. The zero-order chi connectivity index (χ0) is 12.4. The van der Waals surface area contributed by atoms with Gasteiger partial charge in [0.05, 0.1) is 5.56 Å². The molecule has 1 amide bonds. The van der Waals surface area contributed by atoms with Crippen molar-refractivity contribution in [3.63, 3.8) is 0 Å². The molecule has 0 spiro atoms. The first-order valence-corrected chi connectivity index (χ1v) is 5.26. The second kappa shape index (κ2) is 4.29. The number of anilines is 1. The van der Waals surface area contributed by atoms with Gasteiger partial charge < -0.3 is 5.73 Å². The Morgan fingerprint density at radius 2 is 1.88 bits per heavy atom. The van der Waals surface area contributed by atoms with E-state index in [4.69, 9.17) is 5.73 Å². The average molecular weight is 230 g/mol. The summed E-state index contributed by atoms with van der Waals surface area (Å²) in [6.45, 7) is 4.00. The Morgan fingerprint density at radius 1 is 1.24 bits per heavy atom. The highest BCUT2D eigenvalue weighted by Crippen LogP contribution is 2.10. The molecule has 0 fully saturated rings. The summed E-state index contributed by atoms with van der Waals surface area (Å²) >= 11 is 0. The van der Waals surface area contributed by atoms with Gasteiger partial charge in [0.1, 0.15) is 5.82 Å². The molecule has 0 saturated carbocycles. The molecular weight excluding hydrogens is 216 g/mol. The van der Waals surface area contributed by atoms with Crippen LogP contribution in [0, 0.1) is 13.8 Å². The van der Waals surface area contributed by atoms with E-state index >= 15 is 0 Å². The predicted molar refractivity (Wildman–Crippen MR) is 65.7 cm³/mol. The van der Waals surface area contributed by atoms with E-state index < -0.39 is 5.91 Å². The van der Waals surface area contributed by atoms with Crippen molar-refractivity contribution in [2.75, 3.05) is 5.43 Å². The third kappa shape index (κ3) is 2.28. The largest absolute Gasteiger partial charge is 0.366 e.